The largest absolute Gasteiger partial charge is 0.507 e. The smallest absolute Gasteiger partial charge is 0.338 e. The molecule has 0 saturated heterocycles. The lowest BCUT2D eigenvalue weighted by Gasteiger charge is -2.24. The van der Waals surface area contributed by atoms with Gasteiger partial charge >= 0.3 is 5.97 Å². The fourth-order valence-electron chi connectivity index (χ4n) is 3.56. The van der Waals surface area contributed by atoms with Crippen molar-refractivity contribution in [3.05, 3.63) is 101 Å². The first-order valence-corrected chi connectivity index (χ1v) is 10.3. The Morgan fingerprint density at radius 1 is 1.28 bits per heavy atom. The summed E-state index contributed by atoms with van der Waals surface area (Å²) in [5.74, 6) is -0.793. The van der Waals surface area contributed by atoms with Crippen LogP contribution in [0.15, 0.2) is 69.6 Å². The van der Waals surface area contributed by atoms with Crippen molar-refractivity contribution in [3.8, 4) is 5.75 Å². The summed E-state index contributed by atoms with van der Waals surface area (Å²) in [6.07, 6.45) is 1.38. The van der Waals surface area contributed by atoms with Crippen molar-refractivity contribution >= 4 is 29.1 Å². The second kappa shape index (κ2) is 8.23. The Bertz CT molecular complexity index is 1450. The number of nitrogens with zero attached hydrogens (tertiary/aromatic N) is 3. The number of nitro groups is 1. The Morgan fingerprint density at radius 2 is 2.00 bits per heavy atom. The average Bonchev–Trinajstić information content (AvgIpc) is 3.08. The molecule has 1 atom stereocenters. The maximum Gasteiger partial charge on any atom is 0.338 e. The quantitative estimate of drug-likeness (QED) is 0.368. The molecular weight excluding hydrogens is 434 g/mol. The number of ether oxygens (including phenoxy) is 1. The second-order valence-electron chi connectivity index (χ2n) is 6.98. The number of hydrogen-bond donors (Lipinski definition) is 1. The second-order valence-corrected chi connectivity index (χ2v) is 7.99. The molecule has 2 heterocycles. The molecule has 1 unspecified atom stereocenters. The lowest BCUT2D eigenvalue weighted by molar-refractivity contribution is -0.384. The highest BCUT2D eigenvalue weighted by Crippen LogP contribution is 2.30. The SMILES string of the molecule is COC(=O)C1=C(C)N=c2s/c(=C\c3cc([N+](=O)[O-])ccc3O)c(=O)n2C1c1ccccc1. The molecule has 1 aromatic heterocycles. The molecule has 0 fully saturated rings. The minimum absolute atomic E-state index is 0.129. The summed E-state index contributed by atoms with van der Waals surface area (Å²) in [7, 11) is 1.26. The number of aromatic nitrogens is 1. The number of nitro benzene ring substituents is 1. The summed E-state index contributed by atoms with van der Waals surface area (Å²) in [5, 5.41) is 21.2. The number of benzene rings is 2. The summed E-state index contributed by atoms with van der Waals surface area (Å²) in [6, 6.07) is 11.8. The maximum atomic E-state index is 13.4. The number of phenolic OH excluding ortho intramolecular Hbond substituents is 1. The first kappa shape index (κ1) is 21.2. The van der Waals surface area contributed by atoms with Gasteiger partial charge < -0.3 is 9.84 Å². The zero-order valence-corrected chi connectivity index (χ0v) is 17.8. The van der Waals surface area contributed by atoms with Crippen molar-refractivity contribution in [1.82, 2.24) is 4.57 Å². The summed E-state index contributed by atoms with van der Waals surface area (Å²) in [4.78, 5) is 41.3. The molecule has 0 saturated carbocycles. The maximum absolute atomic E-state index is 13.4. The summed E-state index contributed by atoms with van der Waals surface area (Å²) >= 11 is 1.06. The molecule has 0 amide bonds. The van der Waals surface area contributed by atoms with Crippen LogP contribution in [0.4, 0.5) is 5.69 Å². The van der Waals surface area contributed by atoms with Crippen molar-refractivity contribution in [2.24, 2.45) is 4.99 Å². The van der Waals surface area contributed by atoms with Crippen molar-refractivity contribution < 1.29 is 19.6 Å². The van der Waals surface area contributed by atoms with Crippen LogP contribution in [0.1, 0.15) is 24.1 Å². The zero-order valence-electron chi connectivity index (χ0n) is 17.0. The number of non-ortho nitro benzene ring substituents is 1. The minimum atomic E-state index is -0.749. The molecule has 9 nitrogen and oxygen atoms in total. The van der Waals surface area contributed by atoms with Crippen LogP contribution in [0.5, 0.6) is 5.75 Å². The van der Waals surface area contributed by atoms with E-state index in [1.165, 1.54) is 36.0 Å². The van der Waals surface area contributed by atoms with Crippen molar-refractivity contribution in [2.45, 2.75) is 13.0 Å². The molecule has 1 aliphatic heterocycles. The molecule has 2 aromatic carbocycles. The van der Waals surface area contributed by atoms with Crippen LogP contribution in [0.3, 0.4) is 0 Å². The number of allylic oxidation sites excluding steroid dienone is 1. The Balaban J connectivity index is 1.98. The number of carbonyl (C=O) groups excluding carboxylic acids is 1. The van der Waals surface area contributed by atoms with Gasteiger partial charge in [-0.3, -0.25) is 19.5 Å². The molecule has 32 heavy (non-hydrogen) atoms. The van der Waals surface area contributed by atoms with Crippen LogP contribution in [0.2, 0.25) is 0 Å². The van der Waals surface area contributed by atoms with E-state index < -0.39 is 22.5 Å². The van der Waals surface area contributed by atoms with Gasteiger partial charge in [-0.2, -0.15) is 0 Å². The van der Waals surface area contributed by atoms with Gasteiger partial charge in [0.15, 0.2) is 4.80 Å². The first-order valence-electron chi connectivity index (χ1n) is 9.45. The van der Waals surface area contributed by atoms with Crippen LogP contribution in [0.25, 0.3) is 6.08 Å². The Labute approximate surface area is 185 Å². The monoisotopic (exact) mass is 451 g/mol. The lowest BCUT2D eigenvalue weighted by Crippen LogP contribution is -2.39. The van der Waals surface area contributed by atoms with Crippen LogP contribution in [-0.4, -0.2) is 27.7 Å². The van der Waals surface area contributed by atoms with Gasteiger partial charge in [-0.15, -0.1) is 0 Å². The zero-order chi connectivity index (χ0) is 23.0. The van der Waals surface area contributed by atoms with Gasteiger partial charge in [0.05, 0.1) is 33.9 Å². The molecule has 0 aliphatic carbocycles. The standard InChI is InChI=1S/C22H17N3O6S/c1-12-18(21(28)31-2)19(13-6-4-3-5-7-13)24-20(27)17(32-22(24)23-12)11-14-10-15(25(29)30)8-9-16(14)26/h3-11,19,26H,1-2H3/b17-11-. The first-order chi connectivity index (χ1) is 15.3. The molecule has 10 heteroatoms. The number of phenols is 1. The van der Waals surface area contributed by atoms with Gasteiger partial charge in [-0.05, 0) is 24.6 Å². The molecule has 0 radical (unpaired) electrons. The topological polar surface area (TPSA) is 124 Å². The molecular formula is C22H17N3O6S. The van der Waals surface area contributed by atoms with E-state index in [9.17, 15) is 24.8 Å². The fraction of sp³-hybridized carbons (Fsp3) is 0.136. The number of carbonyl (C=O) groups is 1. The Kier molecular flexibility index (Phi) is 5.45. The fourth-order valence-corrected chi connectivity index (χ4v) is 4.59. The molecule has 4 rings (SSSR count). The van der Waals surface area contributed by atoms with Gasteiger partial charge in [-0.25, -0.2) is 9.79 Å². The van der Waals surface area contributed by atoms with Crippen LogP contribution in [0, 0.1) is 10.1 Å². The third kappa shape index (κ3) is 3.60. The molecule has 1 N–H and O–H groups in total. The van der Waals surface area contributed by atoms with E-state index >= 15 is 0 Å². The van der Waals surface area contributed by atoms with E-state index in [-0.39, 0.29) is 27.1 Å². The summed E-state index contributed by atoms with van der Waals surface area (Å²) in [6.45, 7) is 1.67. The number of thiazole rings is 1. The normalized spacial score (nSPS) is 15.8. The average molecular weight is 451 g/mol. The van der Waals surface area contributed by atoms with Crippen LogP contribution >= 0.6 is 11.3 Å². The van der Waals surface area contributed by atoms with E-state index in [0.29, 0.717) is 16.1 Å². The highest BCUT2D eigenvalue weighted by Gasteiger charge is 2.32. The van der Waals surface area contributed by atoms with Gasteiger partial charge in [0, 0.05) is 17.7 Å². The van der Waals surface area contributed by atoms with E-state index in [1.54, 1.807) is 31.2 Å². The number of esters is 1. The van der Waals surface area contributed by atoms with Crippen molar-refractivity contribution in [3.63, 3.8) is 0 Å². The Hall–Kier alpha value is -4.05. The van der Waals surface area contributed by atoms with Crippen LogP contribution < -0.4 is 14.9 Å². The van der Waals surface area contributed by atoms with Gasteiger partial charge in [0.25, 0.3) is 11.2 Å². The Morgan fingerprint density at radius 3 is 2.66 bits per heavy atom. The molecule has 3 aromatic rings. The predicted octanol–water partition coefficient (Wildman–Crippen LogP) is 2.02. The number of aromatic hydroxyl groups is 1. The molecule has 0 bridgehead atoms. The third-order valence-corrected chi connectivity index (χ3v) is 6.03. The minimum Gasteiger partial charge on any atom is -0.507 e. The van der Waals surface area contributed by atoms with E-state index in [1.807, 2.05) is 6.07 Å². The number of methoxy groups -OCH3 is 1. The highest BCUT2D eigenvalue weighted by molar-refractivity contribution is 7.07. The van der Waals surface area contributed by atoms with Crippen molar-refractivity contribution in [2.75, 3.05) is 7.11 Å². The summed E-state index contributed by atoms with van der Waals surface area (Å²) in [5.41, 5.74) is 0.848. The number of fused-ring (bicyclic) bond motifs is 1. The van der Waals surface area contributed by atoms with E-state index in [2.05, 4.69) is 4.99 Å². The number of hydrogen-bond acceptors (Lipinski definition) is 8. The van der Waals surface area contributed by atoms with E-state index in [0.717, 1.165) is 11.3 Å². The molecule has 162 valence electrons. The highest BCUT2D eigenvalue weighted by atomic mass is 32.1. The van der Waals surface area contributed by atoms with Gasteiger partial charge in [0.2, 0.25) is 0 Å². The van der Waals surface area contributed by atoms with E-state index in [4.69, 9.17) is 4.74 Å². The number of rotatable bonds is 4. The third-order valence-electron chi connectivity index (χ3n) is 5.05. The van der Waals surface area contributed by atoms with Crippen LogP contribution in [-0.2, 0) is 9.53 Å². The molecule has 1 aliphatic rings. The van der Waals surface area contributed by atoms with Gasteiger partial charge in [-0.1, -0.05) is 41.7 Å². The van der Waals surface area contributed by atoms with Crippen molar-refractivity contribution in [1.29, 1.82) is 0 Å². The van der Waals surface area contributed by atoms with Gasteiger partial charge in [0.1, 0.15) is 5.75 Å². The predicted molar refractivity (Wildman–Crippen MR) is 117 cm³/mol. The summed E-state index contributed by atoms with van der Waals surface area (Å²) < 4.78 is 6.56. The lowest BCUT2D eigenvalue weighted by atomic mass is 9.96. The molecule has 0 spiro atoms.